The highest BCUT2D eigenvalue weighted by Gasteiger charge is 2.28. The molecule has 0 atom stereocenters. The summed E-state index contributed by atoms with van der Waals surface area (Å²) in [5.41, 5.74) is 5.47. The van der Waals surface area contributed by atoms with Gasteiger partial charge in [0.2, 0.25) is 0 Å². The maximum atomic E-state index is 13.5. The highest BCUT2D eigenvalue weighted by molar-refractivity contribution is 7.92. The first-order valence-electron chi connectivity index (χ1n) is 10.4. The van der Waals surface area contributed by atoms with Crippen LogP contribution >= 0.6 is 0 Å². The lowest BCUT2D eigenvalue weighted by molar-refractivity contribution is -0.119. The van der Waals surface area contributed by atoms with Gasteiger partial charge in [-0.05, 0) is 43.7 Å². The van der Waals surface area contributed by atoms with Gasteiger partial charge in [-0.1, -0.05) is 47.5 Å². The first kappa shape index (κ1) is 24.8. The molecule has 1 amide bonds. The molecule has 9 heteroatoms. The quantitative estimate of drug-likeness (QED) is 0.372. The second-order valence-corrected chi connectivity index (χ2v) is 9.43. The number of nitrogens with one attached hydrogen (secondary N) is 1. The van der Waals surface area contributed by atoms with Crippen molar-refractivity contribution in [2.75, 3.05) is 25.1 Å². The van der Waals surface area contributed by atoms with Crippen LogP contribution in [-0.4, -0.2) is 41.3 Å². The Hall–Kier alpha value is -3.85. The molecule has 0 bridgehead atoms. The van der Waals surface area contributed by atoms with Crippen molar-refractivity contribution < 1.29 is 22.7 Å². The number of carbonyl (C=O) groups is 1. The van der Waals surface area contributed by atoms with Gasteiger partial charge in [0, 0.05) is 6.07 Å². The van der Waals surface area contributed by atoms with Gasteiger partial charge in [-0.2, -0.15) is 5.10 Å². The van der Waals surface area contributed by atoms with Crippen molar-refractivity contribution in [3.8, 4) is 11.5 Å². The molecule has 0 heterocycles. The largest absolute Gasteiger partial charge is 0.493 e. The number of anilines is 1. The predicted molar refractivity (Wildman–Crippen MR) is 132 cm³/mol. The molecule has 1 N–H and O–H groups in total. The highest BCUT2D eigenvalue weighted by Crippen LogP contribution is 2.33. The Morgan fingerprint density at radius 1 is 0.912 bits per heavy atom. The summed E-state index contributed by atoms with van der Waals surface area (Å²) in [6, 6.07) is 18.6. The van der Waals surface area contributed by atoms with Crippen LogP contribution < -0.4 is 19.2 Å². The molecule has 0 aliphatic rings. The molecule has 0 aliphatic carbocycles. The van der Waals surface area contributed by atoms with Crippen LogP contribution in [0.5, 0.6) is 11.5 Å². The topological polar surface area (TPSA) is 97.3 Å². The molecule has 34 heavy (non-hydrogen) atoms. The molecule has 3 aromatic carbocycles. The predicted octanol–water partition coefficient (Wildman–Crippen LogP) is 3.67. The van der Waals surface area contributed by atoms with Crippen LogP contribution in [0.3, 0.4) is 0 Å². The van der Waals surface area contributed by atoms with Crippen molar-refractivity contribution in [2.24, 2.45) is 5.10 Å². The molecule has 178 valence electrons. The van der Waals surface area contributed by atoms with Crippen LogP contribution in [-0.2, 0) is 14.8 Å². The van der Waals surface area contributed by atoms with Crippen molar-refractivity contribution in [3.05, 3.63) is 83.4 Å². The van der Waals surface area contributed by atoms with Crippen LogP contribution in [0.15, 0.2) is 76.7 Å². The number of carbonyl (C=O) groups excluding carboxylic acids is 1. The molecule has 0 aromatic heterocycles. The second kappa shape index (κ2) is 10.8. The zero-order valence-electron chi connectivity index (χ0n) is 19.5. The molecule has 0 unspecified atom stereocenters. The Kier molecular flexibility index (Phi) is 7.91. The van der Waals surface area contributed by atoms with Crippen LogP contribution in [0.2, 0.25) is 0 Å². The number of benzene rings is 3. The summed E-state index contributed by atoms with van der Waals surface area (Å²) in [6.45, 7) is 3.35. The van der Waals surface area contributed by atoms with Crippen molar-refractivity contribution in [1.29, 1.82) is 0 Å². The van der Waals surface area contributed by atoms with E-state index in [1.54, 1.807) is 24.3 Å². The molecular weight excluding hydrogens is 454 g/mol. The Morgan fingerprint density at radius 2 is 1.50 bits per heavy atom. The molecule has 0 fully saturated rings. The molecule has 0 radical (unpaired) electrons. The maximum absolute atomic E-state index is 13.5. The van der Waals surface area contributed by atoms with E-state index in [0.717, 1.165) is 21.0 Å². The summed E-state index contributed by atoms with van der Waals surface area (Å²) in [5, 5.41) is 3.95. The van der Waals surface area contributed by atoms with Crippen LogP contribution in [0, 0.1) is 13.8 Å². The van der Waals surface area contributed by atoms with E-state index in [4.69, 9.17) is 9.47 Å². The molecule has 3 aromatic rings. The minimum atomic E-state index is -4.07. The van der Waals surface area contributed by atoms with E-state index in [9.17, 15) is 13.2 Å². The van der Waals surface area contributed by atoms with Gasteiger partial charge < -0.3 is 9.47 Å². The van der Waals surface area contributed by atoms with E-state index >= 15 is 0 Å². The third kappa shape index (κ3) is 5.93. The fourth-order valence-electron chi connectivity index (χ4n) is 3.13. The SMILES string of the molecule is COc1ccc(N(CC(=O)N/N=C\c2ccc(C)cc2)S(=O)(=O)c2ccc(C)cc2)cc1OC. The first-order chi connectivity index (χ1) is 16.2. The van der Waals surface area contributed by atoms with Gasteiger partial charge >= 0.3 is 0 Å². The van der Waals surface area contributed by atoms with Crippen molar-refractivity contribution in [3.63, 3.8) is 0 Å². The second-order valence-electron chi connectivity index (χ2n) is 7.57. The highest BCUT2D eigenvalue weighted by atomic mass is 32.2. The average molecular weight is 482 g/mol. The monoisotopic (exact) mass is 481 g/mol. The first-order valence-corrected chi connectivity index (χ1v) is 11.9. The summed E-state index contributed by atoms with van der Waals surface area (Å²) in [6.07, 6.45) is 1.49. The number of rotatable bonds is 9. The van der Waals surface area contributed by atoms with E-state index in [1.807, 2.05) is 38.1 Å². The van der Waals surface area contributed by atoms with Gasteiger partial charge in [-0.25, -0.2) is 13.8 Å². The lowest BCUT2D eigenvalue weighted by atomic mass is 10.2. The van der Waals surface area contributed by atoms with E-state index in [1.165, 1.54) is 38.6 Å². The van der Waals surface area contributed by atoms with E-state index in [-0.39, 0.29) is 10.6 Å². The van der Waals surface area contributed by atoms with Crippen molar-refractivity contribution in [2.45, 2.75) is 18.7 Å². The summed E-state index contributed by atoms with van der Waals surface area (Å²) in [7, 11) is -1.13. The normalized spacial score (nSPS) is 11.3. The number of hydrazone groups is 1. The maximum Gasteiger partial charge on any atom is 0.264 e. The smallest absolute Gasteiger partial charge is 0.264 e. The molecule has 0 spiro atoms. The standard InChI is InChI=1S/C25H27N3O5S/c1-18-5-9-20(10-6-18)16-26-27-25(29)17-28(21-11-14-23(32-3)24(15-21)33-4)34(30,31)22-12-7-19(2)8-13-22/h5-16H,17H2,1-4H3,(H,27,29)/b26-16-. The van der Waals surface area contributed by atoms with E-state index in [2.05, 4.69) is 10.5 Å². The van der Waals surface area contributed by atoms with Crippen molar-refractivity contribution in [1.82, 2.24) is 5.43 Å². The lowest BCUT2D eigenvalue weighted by Crippen LogP contribution is -2.39. The molecule has 3 rings (SSSR count). The number of sulfonamides is 1. The number of nitrogens with zero attached hydrogens (tertiary/aromatic N) is 2. The summed E-state index contributed by atoms with van der Waals surface area (Å²) in [4.78, 5) is 12.8. The van der Waals surface area contributed by atoms with Crippen LogP contribution in [0.25, 0.3) is 0 Å². The number of hydrogen-bond acceptors (Lipinski definition) is 6. The third-order valence-electron chi connectivity index (χ3n) is 5.03. The van der Waals surface area contributed by atoms with Crippen molar-refractivity contribution >= 4 is 27.8 Å². The van der Waals surface area contributed by atoms with Gasteiger partial charge in [-0.3, -0.25) is 9.10 Å². The zero-order chi connectivity index (χ0) is 24.7. The minimum absolute atomic E-state index is 0.0591. The fourth-order valence-corrected chi connectivity index (χ4v) is 4.54. The Bertz CT molecular complexity index is 1270. The summed E-state index contributed by atoms with van der Waals surface area (Å²) < 4.78 is 38.6. The van der Waals surface area contributed by atoms with E-state index in [0.29, 0.717) is 11.5 Å². The molecule has 0 saturated carbocycles. The number of amides is 1. The van der Waals surface area contributed by atoms with Crippen LogP contribution in [0.4, 0.5) is 5.69 Å². The van der Waals surface area contributed by atoms with E-state index < -0.39 is 22.5 Å². The summed E-state index contributed by atoms with van der Waals surface area (Å²) in [5.74, 6) is 0.168. The molecule has 0 saturated heterocycles. The summed E-state index contributed by atoms with van der Waals surface area (Å²) >= 11 is 0. The fraction of sp³-hybridized carbons (Fsp3) is 0.200. The molecule has 0 aliphatic heterocycles. The number of aryl methyl sites for hydroxylation is 2. The van der Waals surface area contributed by atoms with Gasteiger partial charge in [0.1, 0.15) is 6.54 Å². The molecule has 8 nitrogen and oxygen atoms in total. The Labute approximate surface area is 199 Å². The Balaban J connectivity index is 1.90. The minimum Gasteiger partial charge on any atom is -0.493 e. The zero-order valence-corrected chi connectivity index (χ0v) is 20.3. The lowest BCUT2D eigenvalue weighted by Gasteiger charge is -2.24. The third-order valence-corrected chi connectivity index (χ3v) is 6.82. The van der Waals surface area contributed by atoms with Gasteiger partial charge in [-0.15, -0.1) is 0 Å². The number of ether oxygens (including phenoxy) is 2. The Morgan fingerprint density at radius 3 is 2.09 bits per heavy atom. The van der Waals surface area contributed by atoms with Gasteiger partial charge in [0.05, 0.1) is 31.0 Å². The average Bonchev–Trinajstić information content (AvgIpc) is 2.83. The molecular formula is C25H27N3O5S. The van der Waals surface area contributed by atoms with Crippen LogP contribution in [0.1, 0.15) is 16.7 Å². The number of hydrogen-bond donors (Lipinski definition) is 1. The van der Waals surface area contributed by atoms with Gasteiger partial charge in [0.25, 0.3) is 15.9 Å². The number of methoxy groups -OCH3 is 2. The van der Waals surface area contributed by atoms with Gasteiger partial charge in [0.15, 0.2) is 11.5 Å².